The Balaban J connectivity index is 2.19. The summed E-state index contributed by atoms with van der Waals surface area (Å²) >= 11 is 3.76. The SMILES string of the molecule is CC(C)c1c(C2(C)CCCN2)cc2c(c1Br)OCCO2. The third kappa shape index (κ3) is 2.23. The molecule has 2 aliphatic rings. The summed E-state index contributed by atoms with van der Waals surface area (Å²) in [6.07, 6.45) is 2.39. The molecular weight excluding hydrogens is 318 g/mol. The normalized spacial score (nSPS) is 25.2. The molecule has 1 aromatic carbocycles. The minimum absolute atomic E-state index is 0.0396. The van der Waals surface area contributed by atoms with Crippen LogP contribution in [0.3, 0.4) is 0 Å². The highest BCUT2D eigenvalue weighted by atomic mass is 79.9. The fraction of sp³-hybridized carbons (Fsp3) is 0.625. The minimum Gasteiger partial charge on any atom is -0.486 e. The van der Waals surface area contributed by atoms with Gasteiger partial charge in [-0.2, -0.15) is 0 Å². The van der Waals surface area contributed by atoms with Crippen LogP contribution in [-0.4, -0.2) is 19.8 Å². The van der Waals surface area contributed by atoms with E-state index in [0.29, 0.717) is 19.1 Å². The Morgan fingerprint density at radius 2 is 2.05 bits per heavy atom. The lowest BCUT2D eigenvalue weighted by Crippen LogP contribution is -2.35. The standard InChI is InChI=1S/C16H22BrNO2/c1-10(2)13-11(16(3)5-4-6-18-16)9-12-15(14(13)17)20-8-7-19-12/h9-10,18H,4-8H2,1-3H3. The van der Waals surface area contributed by atoms with Crippen LogP contribution in [0.4, 0.5) is 0 Å². The molecule has 1 aromatic rings. The van der Waals surface area contributed by atoms with Crippen LogP contribution in [0.5, 0.6) is 11.5 Å². The van der Waals surface area contributed by atoms with Gasteiger partial charge < -0.3 is 14.8 Å². The van der Waals surface area contributed by atoms with Crippen molar-refractivity contribution in [1.82, 2.24) is 5.32 Å². The molecule has 3 nitrogen and oxygen atoms in total. The maximum Gasteiger partial charge on any atom is 0.175 e. The van der Waals surface area contributed by atoms with Crippen molar-refractivity contribution in [3.8, 4) is 11.5 Å². The predicted octanol–water partition coefficient (Wildman–Crippen LogP) is 3.94. The lowest BCUT2D eigenvalue weighted by atomic mass is 9.83. The number of rotatable bonds is 2. The highest BCUT2D eigenvalue weighted by Gasteiger charge is 2.35. The van der Waals surface area contributed by atoms with Gasteiger partial charge in [-0.1, -0.05) is 13.8 Å². The van der Waals surface area contributed by atoms with Crippen LogP contribution in [0.1, 0.15) is 50.7 Å². The van der Waals surface area contributed by atoms with Crippen LogP contribution < -0.4 is 14.8 Å². The van der Waals surface area contributed by atoms with Gasteiger partial charge in [0.1, 0.15) is 13.2 Å². The molecule has 4 heteroatoms. The van der Waals surface area contributed by atoms with Crippen LogP contribution in [-0.2, 0) is 5.54 Å². The van der Waals surface area contributed by atoms with Crippen LogP contribution in [0.2, 0.25) is 0 Å². The molecule has 1 atom stereocenters. The van der Waals surface area contributed by atoms with E-state index in [9.17, 15) is 0 Å². The van der Waals surface area contributed by atoms with Crippen molar-refractivity contribution >= 4 is 15.9 Å². The van der Waals surface area contributed by atoms with Gasteiger partial charge in [0.25, 0.3) is 0 Å². The lowest BCUT2D eigenvalue weighted by Gasteiger charge is -2.32. The molecule has 3 rings (SSSR count). The number of fused-ring (bicyclic) bond motifs is 1. The zero-order valence-corrected chi connectivity index (χ0v) is 14.0. The van der Waals surface area contributed by atoms with E-state index >= 15 is 0 Å². The van der Waals surface area contributed by atoms with Gasteiger partial charge in [0.05, 0.1) is 4.47 Å². The van der Waals surface area contributed by atoms with Gasteiger partial charge >= 0.3 is 0 Å². The first-order chi connectivity index (χ1) is 9.53. The Hall–Kier alpha value is -0.740. The van der Waals surface area contributed by atoms with Crippen LogP contribution in [0, 0.1) is 0 Å². The number of hydrogen-bond acceptors (Lipinski definition) is 3. The quantitative estimate of drug-likeness (QED) is 0.885. The molecule has 20 heavy (non-hydrogen) atoms. The van der Waals surface area contributed by atoms with Crippen molar-refractivity contribution in [2.75, 3.05) is 19.8 Å². The first kappa shape index (κ1) is 14.2. The monoisotopic (exact) mass is 339 g/mol. The molecule has 0 bridgehead atoms. The number of halogens is 1. The molecule has 0 aromatic heterocycles. The molecule has 1 saturated heterocycles. The third-order valence-corrected chi connectivity index (χ3v) is 5.14. The Kier molecular flexibility index (Phi) is 3.71. The van der Waals surface area contributed by atoms with Crippen molar-refractivity contribution < 1.29 is 9.47 Å². The van der Waals surface area contributed by atoms with Gasteiger partial charge in [0, 0.05) is 5.54 Å². The van der Waals surface area contributed by atoms with Crippen molar-refractivity contribution in [2.24, 2.45) is 0 Å². The summed E-state index contributed by atoms with van der Waals surface area (Å²) in [6, 6.07) is 2.19. The second-order valence-corrected chi connectivity index (χ2v) is 6.99. The highest BCUT2D eigenvalue weighted by molar-refractivity contribution is 9.10. The predicted molar refractivity (Wildman–Crippen MR) is 83.8 cm³/mol. The molecule has 0 saturated carbocycles. The largest absolute Gasteiger partial charge is 0.486 e. The molecule has 0 radical (unpaired) electrons. The first-order valence-electron chi connectivity index (χ1n) is 7.40. The number of hydrogen-bond donors (Lipinski definition) is 1. The number of benzene rings is 1. The van der Waals surface area contributed by atoms with E-state index in [1.807, 2.05) is 0 Å². The molecule has 1 N–H and O–H groups in total. The zero-order chi connectivity index (χ0) is 14.3. The van der Waals surface area contributed by atoms with Crippen LogP contribution in [0.15, 0.2) is 10.5 Å². The van der Waals surface area contributed by atoms with Gasteiger partial charge in [-0.05, 0) is 65.4 Å². The molecule has 2 heterocycles. The summed E-state index contributed by atoms with van der Waals surface area (Å²) in [5.41, 5.74) is 2.73. The molecule has 110 valence electrons. The number of nitrogens with one attached hydrogen (secondary N) is 1. The van der Waals surface area contributed by atoms with Crippen molar-refractivity contribution in [1.29, 1.82) is 0 Å². The van der Waals surface area contributed by atoms with Gasteiger partial charge in [-0.3, -0.25) is 0 Å². The highest BCUT2D eigenvalue weighted by Crippen LogP contribution is 2.48. The van der Waals surface area contributed by atoms with E-state index in [4.69, 9.17) is 9.47 Å². The summed E-state index contributed by atoms with van der Waals surface area (Å²) in [5.74, 6) is 2.18. The summed E-state index contributed by atoms with van der Waals surface area (Å²) in [6.45, 7) is 9.10. The van der Waals surface area contributed by atoms with Gasteiger partial charge in [0.2, 0.25) is 0 Å². The van der Waals surface area contributed by atoms with Crippen molar-refractivity contribution in [3.05, 3.63) is 21.7 Å². The Morgan fingerprint density at radius 1 is 1.30 bits per heavy atom. The van der Waals surface area contributed by atoms with E-state index in [1.165, 1.54) is 24.0 Å². The second kappa shape index (κ2) is 5.23. The summed E-state index contributed by atoms with van der Waals surface area (Å²) in [4.78, 5) is 0. The second-order valence-electron chi connectivity index (χ2n) is 6.19. The molecule has 1 fully saturated rings. The smallest absolute Gasteiger partial charge is 0.175 e. The van der Waals surface area contributed by atoms with Gasteiger partial charge in [-0.15, -0.1) is 0 Å². The Morgan fingerprint density at radius 3 is 2.70 bits per heavy atom. The van der Waals surface area contributed by atoms with E-state index in [1.54, 1.807) is 0 Å². The van der Waals surface area contributed by atoms with E-state index in [0.717, 1.165) is 22.5 Å². The Bertz CT molecular complexity index is 522. The summed E-state index contributed by atoms with van der Waals surface area (Å²) in [5, 5.41) is 3.66. The third-order valence-electron chi connectivity index (χ3n) is 4.35. The van der Waals surface area contributed by atoms with E-state index in [2.05, 4.69) is 48.1 Å². The van der Waals surface area contributed by atoms with E-state index < -0.39 is 0 Å². The lowest BCUT2D eigenvalue weighted by molar-refractivity contribution is 0.169. The van der Waals surface area contributed by atoms with Gasteiger partial charge in [-0.25, -0.2) is 0 Å². The molecular formula is C16H22BrNO2. The average molecular weight is 340 g/mol. The first-order valence-corrected chi connectivity index (χ1v) is 8.20. The molecule has 1 unspecified atom stereocenters. The fourth-order valence-electron chi connectivity index (χ4n) is 3.31. The van der Waals surface area contributed by atoms with Gasteiger partial charge in [0.15, 0.2) is 11.5 Å². The topological polar surface area (TPSA) is 30.5 Å². The molecule has 0 aliphatic carbocycles. The average Bonchev–Trinajstić information content (AvgIpc) is 2.86. The molecule has 2 aliphatic heterocycles. The summed E-state index contributed by atoms with van der Waals surface area (Å²) < 4.78 is 12.7. The Labute approximate surface area is 129 Å². The van der Waals surface area contributed by atoms with Crippen LogP contribution in [0.25, 0.3) is 0 Å². The maximum absolute atomic E-state index is 5.80. The number of ether oxygens (including phenoxy) is 2. The summed E-state index contributed by atoms with van der Waals surface area (Å²) in [7, 11) is 0. The van der Waals surface area contributed by atoms with Crippen molar-refractivity contribution in [3.63, 3.8) is 0 Å². The van der Waals surface area contributed by atoms with Crippen molar-refractivity contribution in [2.45, 2.75) is 45.1 Å². The van der Waals surface area contributed by atoms with E-state index in [-0.39, 0.29) is 5.54 Å². The maximum atomic E-state index is 5.80. The molecule has 0 spiro atoms. The molecule has 0 amide bonds. The fourth-order valence-corrected chi connectivity index (χ4v) is 4.29. The zero-order valence-electron chi connectivity index (χ0n) is 12.4. The van der Waals surface area contributed by atoms with Crippen LogP contribution >= 0.6 is 15.9 Å². The minimum atomic E-state index is 0.0396.